The van der Waals surface area contributed by atoms with Crippen LogP contribution in [0.1, 0.15) is 31.4 Å². The van der Waals surface area contributed by atoms with Gasteiger partial charge in [0.15, 0.2) is 11.5 Å². The first-order chi connectivity index (χ1) is 10.3. The molecule has 1 N–H and O–H groups in total. The van der Waals surface area contributed by atoms with Crippen molar-refractivity contribution in [1.82, 2.24) is 10.2 Å². The number of hydrogen-bond acceptors (Lipinski definition) is 4. The third-order valence-electron chi connectivity index (χ3n) is 4.54. The fourth-order valence-electron chi connectivity index (χ4n) is 3.46. The fraction of sp³-hybridized carbons (Fsp3) is 0.647. The number of ether oxygens (including phenoxy) is 2. The molecule has 0 radical (unpaired) electrons. The van der Waals surface area contributed by atoms with Crippen molar-refractivity contribution in [3.8, 4) is 11.5 Å². The summed E-state index contributed by atoms with van der Waals surface area (Å²) in [6.07, 6.45) is 2.21. The molecule has 0 aromatic heterocycles. The van der Waals surface area contributed by atoms with Crippen molar-refractivity contribution in [3.05, 3.63) is 23.8 Å². The molecule has 4 heteroatoms. The van der Waals surface area contributed by atoms with Gasteiger partial charge in [-0.25, -0.2) is 0 Å². The average Bonchev–Trinajstić information content (AvgIpc) is 2.72. The standard InChI is InChI=1S/C17H26N2O2/c1-3-18-12-14-7-8-19(2)17(14)13-5-6-15-16(11-13)21-10-4-9-20-15/h5-6,11,14,17-18H,3-4,7-10,12H2,1-2H3. The quantitative estimate of drug-likeness (QED) is 0.923. The van der Waals surface area contributed by atoms with Crippen LogP contribution in [-0.2, 0) is 0 Å². The summed E-state index contributed by atoms with van der Waals surface area (Å²) in [4.78, 5) is 2.46. The van der Waals surface area contributed by atoms with E-state index in [1.165, 1.54) is 12.0 Å². The molecule has 2 heterocycles. The van der Waals surface area contributed by atoms with Gasteiger partial charge in [-0.1, -0.05) is 13.0 Å². The summed E-state index contributed by atoms with van der Waals surface area (Å²) in [5.41, 5.74) is 1.35. The number of likely N-dealkylation sites (tertiary alicyclic amines) is 1. The largest absolute Gasteiger partial charge is 0.490 e. The van der Waals surface area contributed by atoms with Crippen LogP contribution in [0.4, 0.5) is 0 Å². The predicted octanol–water partition coefficient (Wildman–Crippen LogP) is 2.45. The van der Waals surface area contributed by atoms with Crippen molar-refractivity contribution < 1.29 is 9.47 Å². The van der Waals surface area contributed by atoms with Gasteiger partial charge in [-0.2, -0.15) is 0 Å². The van der Waals surface area contributed by atoms with Crippen LogP contribution in [0.5, 0.6) is 11.5 Å². The second-order valence-corrected chi connectivity index (χ2v) is 6.04. The minimum absolute atomic E-state index is 0.473. The lowest BCUT2D eigenvalue weighted by Gasteiger charge is -2.26. The molecule has 2 aliphatic heterocycles. The maximum absolute atomic E-state index is 5.84. The van der Waals surface area contributed by atoms with Crippen molar-refractivity contribution in [2.75, 3.05) is 39.9 Å². The lowest BCUT2D eigenvalue weighted by molar-refractivity contribution is 0.271. The highest BCUT2D eigenvalue weighted by atomic mass is 16.5. The van der Waals surface area contributed by atoms with Crippen LogP contribution in [0.25, 0.3) is 0 Å². The molecule has 21 heavy (non-hydrogen) atoms. The molecular formula is C17H26N2O2. The molecule has 4 nitrogen and oxygen atoms in total. The van der Waals surface area contributed by atoms with Crippen molar-refractivity contribution in [3.63, 3.8) is 0 Å². The van der Waals surface area contributed by atoms with Crippen LogP contribution in [-0.4, -0.2) is 44.8 Å². The number of nitrogens with zero attached hydrogens (tertiary/aromatic N) is 1. The molecule has 2 unspecified atom stereocenters. The van der Waals surface area contributed by atoms with Gasteiger partial charge in [-0.05, 0) is 56.7 Å². The molecule has 0 aliphatic carbocycles. The summed E-state index contributed by atoms with van der Waals surface area (Å²) in [6.45, 7) is 6.95. The summed E-state index contributed by atoms with van der Waals surface area (Å²) >= 11 is 0. The summed E-state index contributed by atoms with van der Waals surface area (Å²) in [7, 11) is 2.22. The van der Waals surface area contributed by atoms with E-state index < -0.39 is 0 Å². The first-order valence-corrected chi connectivity index (χ1v) is 8.10. The van der Waals surface area contributed by atoms with E-state index in [2.05, 4.69) is 42.4 Å². The van der Waals surface area contributed by atoms with E-state index in [4.69, 9.17) is 9.47 Å². The fourth-order valence-corrected chi connectivity index (χ4v) is 3.46. The Bertz CT molecular complexity index is 478. The number of nitrogens with one attached hydrogen (secondary N) is 1. The molecule has 1 fully saturated rings. The second-order valence-electron chi connectivity index (χ2n) is 6.04. The minimum Gasteiger partial charge on any atom is -0.490 e. The molecule has 3 rings (SSSR count). The predicted molar refractivity (Wildman–Crippen MR) is 84.1 cm³/mol. The van der Waals surface area contributed by atoms with Crippen LogP contribution in [0, 0.1) is 5.92 Å². The van der Waals surface area contributed by atoms with E-state index in [-0.39, 0.29) is 0 Å². The van der Waals surface area contributed by atoms with Gasteiger partial charge >= 0.3 is 0 Å². The molecule has 116 valence electrons. The zero-order chi connectivity index (χ0) is 14.7. The highest BCUT2D eigenvalue weighted by molar-refractivity contribution is 5.44. The van der Waals surface area contributed by atoms with Gasteiger partial charge in [0.2, 0.25) is 0 Å². The Labute approximate surface area is 127 Å². The lowest BCUT2D eigenvalue weighted by atomic mass is 9.93. The average molecular weight is 290 g/mol. The summed E-state index contributed by atoms with van der Waals surface area (Å²) in [5.74, 6) is 2.47. The molecule has 1 aromatic rings. The normalized spacial score (nSPS) is 25.8. The molecular weight excluding hydrogens is 264 g/mol. The molecule has 0 amide bonds. The molecule has 2 atom stereocenters. The number of benzene rings is 1. The SMILES string of the molecule is CCNCC1CCN(C)C1c1ccc2c(c1)OCCCO2. The molecule has 2 aliphatic rings. The van der Waals surface area contributed by atoms with Crippen LogP contribution in [0.3, 0.4) is 0 Å². The van der Waals surface area contributed by atoms with Crippen molar-refractivity contribution in [1.29, 1.82) is 0 Å². The summed E-state index contributed by atoms with van der Waals surface area (Å²) < 4.78 is 11.6. The summed E-state index contributed by atoms with van der Waals surface area (Å²) in [5, 5.41) is 3.50. The molecule has 0 spiro atoms. The van der Waals surface area contributed by atoms with E-state index in [0.717, 1.165) is 50.8 Å². The van der Waals surface area contributed by atoms with Crippen LogP contribution >= 0.6 is 0 Å². The highest BCUT2D eigenvalue weighted by Crippen LogP contribution is 2.39. The third kappa shape index (κ3) is 3.16. The van der Waals surface area contributed by atoms with Gasteiger partial charge in [-0.3, -0.25) is 4.90 Å². The van der Waals surface area contributed by atoms with Crippen molar-refractivity contribution in [2.24, 2.45) is 5.92 Å². The molecule has 0 saturated carbocycles. The maximum Gasteiger partial charge on any atom is 0.161 e. The van der Waals surface area contributed by atoms with Gasteiger partial charge in [0, 0.05) is 12.5 Å². The summed E-state index contributed by atoms with van der Waals surface area (Å²) in [6, 6.07) is 6.94. The molecule has 1 aromatic carbocycles. The van der Waals surface area contributed by atoms with Gasteiger partial charge in [0.05, 0.1) is 13.2 Å². The first-order valence-electron chi connectivity index (χ1n) is 8.10. The van der Waals surface area contributed by atoms with Crippen LogP contribution in [0.15, 0.2) is 18.2 Å². The number of rotatable bonds is 4. The Morgan fingerprint density at radius 1 is 1.24 bits per heavy atom. The van der Waals surface area contributed by atoms with E-state index in [0.29, 0.717) is 12.0 Å². The van der Waals surface area contributed by atoms with E-state index in [1.54, 1.807) is 0 Å². The first kappa shape index (κ1) is 14.7. The van der Waals surface area contributed by atoms with Gasteiger partial charge in [0.25, 0.3) is 0 Å². The zero-order valence-corrected chi connectivity index (χ0v) is 13.1. The van der Waals surface area contributed by atoms with E-state index >= 15 is 0 Å². The number of fused-ring (bicyclic) bond motifs is 1. The monoisotopic (exact) mass is 290 g/mol. The van der Waals surface area contributed by atoms with Crippen LogP contribution in [0.2, 0.25) is 0 Å². The maximum atomic E-state index is 5.84. The minimum atomic E-state index is 0.473. The molecule has 0 bridgehead atoms. The van der Waals surface area contributed by atoms with E-state index in [9.17, 15) is 0 Å². The Hall–Kier alpha value is -1.26. The Morgan fingerprint density at radius 3 is 2.86 bits per heavy atom. The molecule has 1 saturated heterocycles. The van der Waals surface area contributed by atoms with Gasteiger partial charge in [0.1, 0.15) is 0 Å². The third-order valence-corrected chi connectivity index (χ3v) is 4.54. The van der Waals surface area contributed by atoms with E-state index in [1.807, 2.05) is 0 Å². The second kappa shape index (κ2) is 6.67. The van der Waals surface area contributed by atoms with Crippen LogP contribution < -0.4 is 14.8 Å². The highest BCUT2D eigenvalue weighted by Gasteiger charge is 2.33. The Kier molecular flexibility index (Phi) is 4.66. The topological polar surface area (TPSA) is 33.7 Å². The van der Waals surface area contributed by atoms with Crippen molar-refractivity contribution in [2.45, 2.75) is 25.8 Å². The lowest BCUT2D eigenvalue weighted by Crippen LogP contribution is -2.28. The Morgan fingerprint density at radius 2 is 2.05 bits per heavy atom. The Balaban J connectivity index is 1.82. The number of hydrogen-bond donors (Lipinski definition) is 1. The van der Waals surface area contributed by atoms with Crippen molar-refractivity contribution >= 4 is 0 Å². The zero-order valence-electron chi connectivity index (χ0n) is 13.1. The van der Waals surface area contributed by atoms with Gasteiger partial charge in [-0.15, -0.1) is 0 Å². The smallest absolute Gasteiger partial charge is 0.161 e. The van der Waals surface area contributed by atoms with Gasteiger partial charge < -0.3 is 14.8 Å².